The van der Waals surface area contributed by atoms with Gasteiger partial charge in [0.15, 0.2) is 0 Å². The summed E-state index contributed by atoms with van der Waals surface area (Å²) in [5.74, 6) is 7.50. The molecule has 0 atom stereocenters. The predicted molar refractivity (Wildman–Crippen MR) is 79.4 cm³/mol. The van der Waals surface area contributed by atoms with Gasteiger partial charge >= 0.3 is 0 Å². The van der Waals surface area contributed by atoms with Crippen molar-refractivity contribution < 1.29 is 4.74 Å². The molecule has 0 bridgehead atoms. The molecular formula is C13H18N6O. The standard InChI is InChI=1S/C13H18N6O/c1-19(8-9-5-3-4-6-10(9)20-2)12-7-11(18-15)16-13(14)17-12/h3-7H,8,15H2,1-2H3,(H3,14,16,17,18). The number of para-hydroxylation sites is 1. The molecule has 0 radical (unpaired) electrons. The zero-order valence-electron chi connectivity index (χ0n) is 11.5. The first-order chi connectivity index (χ1) is 9.63. The zero-order chi connectivity index (χ0) is 14.5. The van der Waals surface area contributed by atoms with E-state index in [-0.39, 0.29) is 5.95 Å². The Morgan fingerprint density at radius 2 is 2.05 bits per heavy atom. The lowest BCUT2D eigenvalue weighted by Crippen LogP contribution is -2.20. The van der Waals surface area contributed by atoms with Crippen molar-refractivity contribution in [2.45, 2.75) is 6.54 Å². The summed E-state index contributed by atoms with van der Waals surface area (Å²) in [6.07, 6.45) is 0. The van der Waals surface area contributed by atoms with E-state index in [9.17, 15) is 0 Å². The number of anilines is 3. The van der Waals surface area contributed by atoms with Crippen molar-refractivity contribution in [3.8, 4) is 5.75 Å². The number of ether oxygens (including phenoxy) is 1. The molecule has 0 fully saturated rings. The van der Waals surface area contributed by atoms with Crippen molar-refractivity contribution in [2.75, 3.05) is 30.2 Å². The van der Waals surface area contributed by atoms with Crippen molar-refractivity contribution in [2.24, 2.45) is 5.84 Å². The number of benzene rings is 1. The number of nitrogens with one attached hydrogen (secondary N) is 1. The fourth-order valence-corrected chi connectivity index (χ4v) is 1.89. The summed E-state index contributed by atoms with van der Waals surface area (Å²) in [7, 11) is 3.56. The molecule has 0 aliphatic heterocycles. The molecule has 0 aliphatic carbocycles. The van der Waals surface area contributed by atoms with Crippen LogP contribution in [0.15, 0.2) is 30.3 Å². The minimum atomic E-state index is 0.169. The average molecular weight is 274 g/mol. The van der Waals surface area contributed by atoms with Gasteiger partial charge < -0.3 is 20.8 Å². The molecule has 1 aromatic heterocycles. The van der Waals surface area contributed by atoms with Crippen molar-refractivity contribution >= 4 is 17.6 Å². The molecule has 5 N–H and O–H groups in total. The first-order valence-electron chi connectivity index (χ1n) is 6.08. The van der Waals surface area contributed by atoms with Crippen LogP contribution in [0.4, 0.5) is 17.6 Å². The molecule has 1 aromatic carbocycles. The third-order valence-corrected chi connectivity index (χ3v) is 2.87. The Kier molecular flexibility index (Phi) is 4.21. The highest BCUT2D eigenvalue weighted by Crippen LogP contribution is 2.22. The van der Waals surface area contributed by atoms with E-state index in [2.05, 4.69) is 15.4 Å². The molecule has 1 heterocycles. The third-order valence-electron chi connectivity index (χ3n) is 2.87. The second-order valence-corrected chi connectivity index (χ2v) is 4.28. The number of methoxy groups -OCH3 is 1. The van der Waals surface area contributed by atoms with Crippen LogP contribution in [-0.2, 0) is 6.54 Å². The lowest BCUT2D eigenvalue weighted by Gasteiger charge is -2.20. The fraction of sp³-hybridized carbons (Fsp3) is 0.231. The molecule has 0 unspecified atom stereocenters. The average Bonchev–Trinajstić information content (AvgIpc) is 2.47. The van der Waals surface area contributed by atoms with Gasteiger partial charge in [0.05, 0.1) is 7.11 Å². The van der Waals surface area contributed by atoms with Crippen LogP contribution in [0.3, 0.4) is 0 Å². The normalized spacial score (nSPS) is 10.2. The predicted octanol–water partition coefficient (Wildman–Crippen LogP) is 0.989. The van der Waals surface area contributed by atoms with Gasteiger partial charge in [-0.05, 0) is 6.07 Å². The number of rotatable bonds is 5. The van der Waals surface area contributed by atoms with Gasteiger partial charge in [0, 0.05) is 25.2 Å². The van der Waals surface area contributed by atoms with Crippen molar-refractivity contribution in [1.29, 1.82) is 0 Å². The summed E-state index contributed by atoms with van der Waals surface area (Å²) in [5.41, 5.74) is 9.17. The molecule has 0 amide bonds. The van der Waals surface area contributed by atoms with E-state index < -0.39 is 0 Å². The van der Waals surface area contributed by atoms with E-state index in [1.54, 1.807) is 13.2 Å². The molecule has 2 rings (SSSR count). The summed E-state index contributed by atoms with van der Waals surface area (Å²) >= 11 is 0. The Balaban J connectivity index is 2.23. The molecule has 2 aromatic rings. The van der Waals surface area contributed by atoms with Gasteiger partial charge in [0.25, 0.3) is 0 Å². The van der Waals surface area contributed by atoms with Gasteiger partial charge in [-0.2, -0.15) is 9.97 Å². The Bertz CT molecular complexity index is 589. The first-order valence-corrected chi connectivity index (χ1v) is 6.08. The summed E-state index contributed by atoms with van der Waals surface area (Å²) in [5, 5.41) is 0. The van der Waals surface area contributed by atoms with E-state index >= 15 is 0 Å². The highest BCUT2D eigenvalue weighted by atomic mass is 16.5. The van der Waals surface area contributed by atoms with Crippen LogP contribution in [0.25, 0.3) is 0 Å². The van der Waals surface area contributed by atoms with Gasteiger partial charge in [-0.1, -0.05) is 18.2 Å². The van der Waals surface area contributed by atoms with Gasteiger partial charge in [0.1, 0.15) is 17.4 Å². The Morgan fingerprint density at radius 1 is 1.30 bits per heavy atom. The highest BCUT2D eigenvalue weighted by molar-refractivity contribution is 5.52. The van der Waals surface area contributed by atoms with Crippen molar-refractivity contribution in [1.82, 2.24) is 9.97 Å². The smallest absolute Gasteiger partial charge is 0.223 e. The van der Waals surface area contributed by atoms with Crippen LogP contribution >= 0.6 is 0 Å². The zero-order valence-corrected chi connectivity index (χ0v) is 11.5. The number of nitrogen functional groups attached to an aromatic ring is 2. The van der Waals surface area contributed by atoms with Crippen LogP contribution in [0.2, 0.25) is 0 Å². The number of hydrogen-bond acceptors (Lipinski definition) is 7. The van der Waals surface area contributed by atoms with Crippen LogP contribution in [-0.4, -0.2) is 24.1 Å². The van der Waals surface area contributed by atoms with E-state index in [1.165, 1.54) is 0 Å². The minimum absolute atomic E-state index is 0.169. The molecule has 0 saturated carbocycles. The Labute approximate surface area is 117 Å². The second-order valence-electron chi connectivity index (χ2n) is 4.28. The number of hydrogen-bond donors (Lipinski definition) is 3. The van der Waals surface area contributed by atoms with Gasteiger partial charge in [-0.15, -0.1) is 0 Å². The molecule has 7 nitrogen and oxygen atoms in total. The maximum absolute atomic E-state index is 5.65. The largest absolute Gasteiger partial charge is 0.496 e. The summed E-state index contributed by atoms with van der Waals surface area (Å²) < 4.78 is 5.33. The Morgan fingerprint density at radius 3 is 2.75 bits per heavy atom. The van der Waals surface area contributed by atoms with Crippen LogP contribution in [0, 0.1) is 0 Å². The maximum atomic E-state index is 5.65. The third kappa shape index (κ3) is 3.07. The van der Waals surface area contributed by atoms with E-state index in [1.807, 2.05) is 36.2 Å². The summed E-state index contributed by atoms with van der Waals surface area (Å²) in [6.45, 7) is 0.629. The van der Waals surface area contributed by atoms with Crippen molar-refractivity contribution in [3.63, 3.8) is 0 Å². The number of nitrogens with two attached hydrogens (primary N) is 2. The van der Waals surface area contributed by atoms with E-state index in [0.29, 0.717) is 18.2 Å². The van der Waals surface area contributed by atoms with Crippen LogP contribution in [0.1, 0.15) is 5.56 Å². The number of nitrogens with zero attached hydrogens (tertiary/aromatic N) is 3. The molecule has 7 heteroatoms. The van der Waals surface area contributed by atoms with Gasteiger partial charge in [0.2, 0.25) is 5.95 Å². The van der Waals surface area contributed by atoms with Gasteiger partial charge in [-0.25, -0.2) is 5.84 Å². The minimum Gasteiger partial charge on any atom is -0.496 e. The SMILES string of the molecule is COc1ccccc1CN(C)c1cc(NN)nc(N)n1. The lowest BCUT2D eigenvalue weighted by molar-refractivity contribution is 0.409. The molecule has 0 saturated heterocycles. The molecule has 0 spiro atoms. The second kappa shape index (κ2) is 6.07. The first kappa shape index (κ1) is 13.9. The molecular weight excluding hydrogens is 256 g/mol. The van der Waals surface area contributed by atoms with E-state index in [4.69, 9.17) is 16.3 Å². The van der Waals surface area contributed by atoms with Crippen LogP contribution in [0.5, 0.6) is 5.75 Å². The number of aromatic nitrogens is 2. The lowest BCUT2D eigenvalue weighted by atomic mass is 10.2. The summed E-state index contributed by atoms with van der Waals surface area (Å²) in [6, 6.07) is 9.55. The van der Waals surface area contributed by atoms with Crippen LogP contribution < -0.4 is 26.6 Å². The Hall–Kier alpha value is -2.54. The molecule has 106 valence electrons. The topological polar surface area (TPSA) is 102 Å². The highest BCUT2D eigenvalue weighted by Gasteiger charge is 2.10. The summed E-state index contributed by atoms with van der Waals surface area (Å²) in [4.78, 5) is 10.1. The van der Waals surface area contributed by atoms with E-state index in [0.717, 1.165) is 11.3 Å². The monoisotopic (exact) mass is 274 g/mol. The van der Waals surface area contributed by atoms with Gasteiger partial charge in [-0.3, -0.25) is 0 Å². The fourth-order valence-electron chi connectivity index (χ4n) is 1.89. The molecule has 0 aliphatic rings. The van der Waals surface area contributed by atoms with Crippen molar-refractivity contribution in [3.05, 3.63) is 35.9 Å². The number of hydrazine groups is 1. The quantitative estimate of drug-likeness (QED) is 0.552. The maximum Gasteiger partial charge on any atom is 0.223 e. The molecule has 20 heavy (non-hydrogen) atoms.